The quantitative estimate of drug-likeness (QED) is 0.166. The topological polar surface area (TPSA) is 131 Å². The van der Waals surface area contributed by atoms with Crippen LogP contribution in [-0.2, 0) is 33.3 Å². The number of esters is 3. The number of rotatable bonds is 11. The van der Waals surface area contributed by atoms with Gasteiger partial charge < -0.3 is 24.7 Å². The molecule has 0 saturated heterocycles. The first-order chi connectivity index (χ1) is 23.7. The van der Waals surface area contributed by atoms with Crippen molar-refractivity contribution in [1.29, 1.82) is 0 Å². The molecule has 5 fully saturated rings. The number of nitrogens with two attached hydrogens (primary N) is 1. The molecule has 51 heavy (non-hydrogen) atoms. The van der Waals surface area contributed by atoms with E-state index in [9.17, 15) is 19.2 Å². The Kier molecular flexibility index (Phi) is 11.3. The molecular formula is C42H69NO8. The fraction of sp³-hybridized carbons (Fsp3) is 0.905. The lowest BCUT2D eigenvalue weighted by atomic mass is 9.32. The highest BCUT2D eigenvalue weighted by atomic mass is 16.6. The van der Waals surface area contributed by atoms with Gasteiger partial charge >= 0.3 is 24.0 Å². The summed E-state index contributed by atoms with van der Waals surface area (Å²) in [5, 5.41) is 0. The fourth-order valence-corrected chi connectivity index (χ4v) is 14.3. The maximum atomic E-state index is 12.3. The summed E-state index contributed by atoms with van der Waals surface area (Å²) in [6.07, 6.45) is 11.5. The van der Waals surface area contributed by atoms with E-state index in [4.69, 9.17) is 24.7 Å². The number of fused-ring (bicyclic) bond motifs is 7. The van der Waals surface area contributed by atoms with E-state index >= 15 is 0 Å². The van der Waals surface area contributed by atoms with Crippen LogP contribution in [0, 0.1) is 62.6 Å². The summed E-state index contributed by atoms with van der Waals surface area (Å²) in [5.41, 5.74) is 7.08. The Balaban J connectivity index is 1.33. The van der Waals surface area contributed by atoms with Gasteiger partial charge in [-0.25, -0.2) is 4.79 Å². The molecule has 5 rings (SSSR count). The second-order valence-electron chi connectivity index (χ2n) is 19.4. The summed E-state index contributed by atoms with van der Waals surface area (Å²) in [6.45, 7) is 21.5. The number of ether oxygens (including phenoxy) is 4. The van der Waals surface area contributed by atoms with E-state index in [0.29, 0.717) is 51.2 Å². The second-order valence-corrected chi connectivity index (χ2v) is 19.4. The predicted octanol–water partition coefficient (Wildman–Crippen LogP) is 8.78. The van der Waals surface area contributed by atoms with Crippen molar-refractivity contribution in [3.8, 4) is 0 Å². The Bertz CT molecular complexity index is 1330. The van der Waals surface area contributed by atoms with Gasteiger partial charge in [-0.15, -0.1) is 0 Å². The molecule has 5 aliphatic rings. The molecule has 0 aromatic carbocycles. The van der Waals surface area contributed by atoms with Crippen molar-refractivity contribution in [3.05, 3.63) is 0 Å². The molecule has 0 aliphatic heterocycles. The Morgan fingerprint density at radius 3 is 1.80 bits per heavy atom. The number of hydrogen-bond donors (Lipinski definition) is 1. The summed E-state index contributed by atoms with van der Waals surface area (Å²) < 4.78 is 21.8. The highest BCUT2D eigenvalue weighted by molar-refractivity contribution is 5.68. The van der Waals surface area contributed by atoms with Crippen molar-refractivity contribution in [2.24, 2.45) is 68.3 Å². The van der Waals surface area contributed by atoms with Crippen molar-refractivity contribution in [2.75, 3.05) is 6.61 Å². The molecule has 0 bridgehead atoms. The number of hydrogen-bond acceptors (Lipinski definition) is 8. The van der Waals surface area contributed by atoms with Gasteiger partial charge in [0.1, 0.15) is 12.7 Å². The van der Waals surface area contributed by atoms with Gasteiger partial charge in [0.15, 0.2) is 12.2 Å². The van der Waals surface area contributed by atoms with E-state index in [1.807, 2.05) is 0 Å². The van der Waals surface area contributed by atoms with Crippen LogP contribution in [0.2, 0.25) is 0 Å². The number of primary amides is 1. The van der Waals surface area contributed by atoms with Crippen LogP contribution in [0.1, 0.15) is 153 Å². The maximum absolute atomic E-state index is 12.3. The standard InChI is InChI=1S/C42H69NO8/c1-25(12-13-31(49-26(2)44)36(51-28(4)46)32(50-27(3)45)24-48-37(43)47)29-16-21-39(7)30(29)17-22-41(9)34(39)14-15-35-40(8)20-11-19-38(5,6)33(40)18-23-42(35,41)10/h25,29-36H,11-24H2,1-10H3,(H2,43,47)/t25?,29-,30+,31-,32+,33+,34-,35-,36-,39+,40+,41-,42-/m1/s1. The highest BCUT2D eigenvalue weighted by Crippen LogP contribution is 2.78. The SMILES string of the molecule is CC(=O)O[C@@H]([C@H](COC(N)=O)OC(C)=O)[C@@H](CCC(C)[C@H]1CC[C@]2(C)[C@H]3CC[C@@H]4[C@@]5(C)CCCC(C)(C)[C@@H]5CC[C@@]4(C)[C@]3(C)CC[C@@H]12)OC(C)=O. The van der Waals surface area contributed by atoms with E-state index in [2.05, 4.69) is 48.5 Å². The summed E-state index contributed by atoms with van der Waals surface area (Å²) in [4.78, 5) is 48.0. The zero-order chi connectivity index (χ0) is 37.7. The molecule has 2 N–H and O–H groups in total. The fourth-order valence-electron chi connectivity index (χ4n) is 14.3. The Hall–Kier alpha value is -2.32. The smallest absolute Gasteiger partial charge is 0.404 e. The minimum Gasteiger partial charge on any atom is -0.458 e. The molecule has 1 amide bonds. The molecular weight excluding hydrogens is 646 g/mol. The van der Waals surface area contributed by atoms with Gasteiger partial charge in [0.25, 0.3) is 0 Å². The molecule has 9 nitrogen and oxygen atoms in total. The maximum Gasteiger partial charge on any atom is 0.404 e. The molecule has 5 aliphatic carbocycles. The van der Waals surface area contributed by atoms with E-state index < -0.39 is 48.9 Å². The van der Waals surface area contributed by atoms with Gasteiger partial charge in [-0.2, -0.15) is 0 Å². The van der Waals surface area contributed by atoms with E-state index in [-0.39, 0.29) is 0 Å². The van der Waals surface area contributed by atoms with Crippen molar-refractivity contribution in [3.63, 3.8) is 0 Å². The summed E-state index contributed by atoms with van der Waals surface area (Å²) in [6, 6.07) is 0. The van der Waals surface area contributed by atoms with Crippen molar-refractivity contribution >= 4 is 24.0 Å². The molecule has 0 aromatic rings. The minimum atomic E-state index is -1.18. The number of carbonyl (C=O) groups is 4. The van der Waals surface area contributed by atoms with Crippen LogP contribution in [0.4, 0.5) is 4.79 Å². The van der Waals surface area contributed by atoms with Crippen LogP contribution in [0.3, 0.4) is 0 Å². The van der Waals surface area contributed by atoms with Crippen molar-refractivity contribution < 1.29 is 38.1 Å². The van der Waals surface area contributed by atoms with Gasteiger partial charge in [-0.05, 0) is 140 Å². The third-order valence-electron chi connectivity index (χ3n) is 16.5. The van der Waals surface area contributed by atoms with E-state index in [1.165, 1.54) is 91.4 Å². The summed E-state index contributed by atoms with van der Waals surface area (Å²) in [7, 11) is 0. The number of carbonyl (C=O) groups excluding carboxylic acids is 4. The van der Waals surface area contributed by atoms with Gasteiger partial charge in [0.2, 0.25) is 0 Å². The molecule has 5 saturated carbocycles. The molecule has 0 radical (unpaired) electrons. The van der Waals surface area contributed by atoms with Crippen molar-refractivity contribution in [2.45, 2.75) is 171 Å². The molecule has 1 unspecified atom stereocenters. The molecule has 13 atom stereocenters. The highest BCUT2D eigenvalue weighted by Gasteiger charge is 2.70. The van der Waals surface area contributed by atoms with Gasteiger partial charge in [-0.3, -0.25) is 14.4 Å². The Morgan fingerprint density at radius 1 is 0.647 bits per heavy atom. The van der Waals surface area contributed by atoms with Crippen LogP contribution in [0.15, 0.2) is 0 Å². The normalized spacial score (nSPS) is 40.5. The van der Waals surface area contributed by atoms with Gasteiger partial charge in [0.05, 0.1) is 0 Å². The van der Waals surface area contributed by atoms with Gasteiger partial charge in [-0.1, -0.05) is 54.9 Å². The Labute approximate surface area is 307 Å². The van der Waals surface area contributed by atoms with Crippen LogP contribution >= 0.6 is 0 Å². The number of amides is 1. The first kappa shape index (κ1) is 39.9. The second kappa shape index (κ2) is 14.5. The zero-order valence-corrected chi connectivity index (χ0v) is 33.4. The average Bonchev–Trinajstić information content (AvgIpc) is 3.36. The van der Waals surface area contributed by atoms with E-state index in [0.717, 1.165) is 24.2 Å². The first-order valence-electron chi connectivity index (χ1n) is 20.1. The predicted molar refractivity (Wildman–Crippen MR) is 195 cm³/mol. The molecule has 0 aromatic heterocycles. The van der Waals surface area contributed by atoms with Crippen molar-refractivity contribution in [1.82, 2.24) is 0 Å². The minimum absolute atomic E-state index is 0.297. The lowest BCUT2D eigenvalue weighted by Gasteiger charge is -2.73. The van der Waals surface area contributed by atoms with Crippen LogP contribution in [0.25, 0.3) is 0 Å². The lowest BCUT2D eigenvalue weighted by molar-refractivity contribution is -0.241. The lowest BCUT2D eigenvalue weighted by Crippen LogP contribution is -2.65. The largest absolute Gasteiger partial charge is 0.458 e. The average molecular weight is 716 g/mol. The zero-order valence-electron chi connectivity index (χ0n) is 33.4. The third-order valence-corrected chi connectivity index (χ3v) is 16.5. The summed E-state index contributed by atoms with van der Waals surface area (Å²) in [5.74, 6) is 2.06. The monoisotopic (exact) mass is 716 g/mol. The Morgan fingerprint density at radius 2 is 1.22 bits per heavy atom. The molecule has 290 valence electrons. The van der Waals surface area contributed by atoms with Crippen LogP contribution < -0.4 is 5.73 Å². The van der Waals surface area contributed by atoms with Gasteiger partial charge in [0, 0.05) is 20.8 Å². The molecule has 0 heterocycles. The summed E-state index contributed by atoms with van der Waals surface area (Å²) >= 11 is 0. The molecule has 0 spiro atoms. The van der Waals surface area contributed by atoms with Crippen LogP contribution in [0.5, 0.6) is 0 Å². The molecule has 9 heteroatoms. The van der Waals surface area contributed by atoms with Crippen LogP contribution in [-0.4, -0.2) is 48.9 Å². The van der Waals surface area contributed by atoms with E-state index in [1.54, 1.807) is 0 Å². The third kappa shape index (κ3) is 7.18. The first-order valence-corrected chi connectivity index (χ1v) is 20.1.